The van der Waals surface area contributed by atoms with Crippen LogP contribution in [-0.4, -0.2) is 44.3 Å². The van der Waals surface area contributed by atoms with Crippen LogP contribution in [0.5, 0.6) is 6.01 Å². The molecule has 0 radical (unpaired) electrons. The molecule has 2 N–H and O–H groups in total. The lowest BCUT2D eigenvalue weighted by atomic mass is 10.0. The van der Waals surface area contributed by atoms with Crippen LogP contribution in [0, 0.1) is 17.6 Å². The van der Waals surface area contributed by atoms with Gasteiger partial charge in [0.05, 0.1) is 30.1 Å². The molecular formula is C24H25F2N7O. The molecule has 10 heteroatoms. The SMILES string of the molecule is C[C@H](Nc1cc(-c2cnn3cccnc23)nc(OCC2CCCNC2)n1)c1ccc(F)cc1F. The molecular weight excluding hydrogens is 440 g/mol. The number of ether oxygens (including phenoxy) is 1. The largest absolute Gasteiger partial charge is 0.463 e. The maximum absolute atomic E-state index is 14.3. The third kappa shape index (κ3) is 4.81. The number of rotatable bonds is 7. The summed E-state index contributed by atoms with van der Waals surface area (Å²) < 4.78 is 35.3. The fraction of sp³-hybridized carbons (Fsp3) is 0.333. The van der Waals surface area contributed by atoms with E-state index < -0.39 is 17.7 Å². The van der Waals surface area contributed by atoms with Gasteiger partial charge in [-0.25, -0.2) is 18.3 Å². The molecule has 1 unspecified atom stereocenters. The van der Waals surface area contributed by atoms with Gasteiger partial charge in [-0.2, -0.15) is 15.1 Å². The van der Waals surface area contributed by atoms with Gasteiger partial charge < -0.3 is 15.4 Å². The molecule has 4 heterocycles. The highest BCUT2D eigenvalue weighted by molar-refractivity contribution is 5.75. The van der Waals surface area contributed by atoms with Crippen molar-refractivity contribution in [2.45, 2.75) is 25.8 Å². The first-order valence-electron chi connectivity index (χ1n) is 11.3. The Morgan fingerprint density at radius 3 is 3.00 bits per heavy atom. The van der Waals surface area contributed by atoms with Crippen LogP contribution in [0.4, 0.5) is 14.6 Å². The summed E-state index contributed by atoms with van der Waals surface area (Å²) >= 11 is 0. The number of nitrogens with zero attached hydrogens (tertiary/aromatic N) is 5. The Bertz CT molecular complexity index is 1290. The molecule has 0 amide bonds. The van der Waals surface area contributed by atoms with Gasteiger partial charge >= 0.3 is 6.01 Å². The van der Waals surface area contributed by atoms with Crippen molar-refractivity contribution in [1.82, 2.24) is 29.9 Å². The van der Waals surface area contributed by atoms with Crippen LogP contribution in [-0.2, 0) is 0 Å². The number of hydrogen-bond donors (Lipinski definition) is 2. The zero-order chi connectivity index (χ0) is 23.5. The number of piperidine rings is 1. The summed E-state index contributed by atoms with van der Waals surface area (Å²) in [5.74, 6) is -0.412. The van der Waals surface area contributed by atoms with Crippen molar-refractivity contribution >= 4 is 11.5 Å². The number of aromatic nitrogens is 5. The predicted molar refractivity (Wildman–Crippen MR) is 123 cm³/mol. The van der Waals surface area contributed by atoms with Crippen LogP contribution in [0.1, 0.15) is 31.4 Å². The highest BCUT2D eigenvalue weighted by Gasteiger charge is 2.18. The Kier molecular flexibility index (Phi) is 6.31. The topological polar surface area (TPSA) is 89.3 Å². The number of hydrogen-bond acceptors (Lipinski definition) is 7. The molecule has 1 aromatic carbocycles. The van der Waals surface area contributed by atoms with E-state index in [1.807, 2.05) is 0 Å². The summed E-state index contributed by atoms with van der Waals surface area (Å²) in [7, 11) is 0. The molecule has 1 fully saturated rings. The van der Waals surface area contributed by atoms with E-state index in [1.165, 1.54) is 12.1 Å². The predicted octanol–water partition coefficient (Wildman–Crippen LogP) is 4.02. The van der Waals surface area contributed by atoms with E-state index in [9.17, 15) is 8.78 Å². The van der Waals surface area contributed by atoms with Gasteiger partial charge in [0.25, 0.3) is 0 Å². The van der Waals surface area contributed by atoms with Gasteiger partial charge in [-0.1, -0.05) is 6.07 Å². The molecule has 176 valence electrons. The second-order valence-electron chi connectivity index (χ2n) is 8.42. The zero-order valence-corrected chi connectivity index (χ0v) is 18.7. The molecule has 1 aliphatic rings. The highest BCUT2D eigenvalue weighted by Crippen LogP contribution is 2.28. The third-order valence-electron chi connectivity index (χ3n) is 5.90. The molecule has 3 aromatic heterocycles. The standard InChI is InChI=1S/C24H25F2N7O/c1-15(18-6-5-17(25)10-20(18)26)30-22-11-21(19-13-29-33-9-3-8-28-23(19)33)31-24(32-22)34-14-16-4-2-7-27-12-16/h3,5-6,8-11,13,15-16,27H,2,4,7,12,14H2,1H3,(H,30,31,32)/t15-,16?/m0/s1. The Labute approximate surface area is 195 Å². The minimum absolute atomic E-state index is 0.215. The fourth-order valence-electron chi connectivity index (χ4n) is 4.12. The summed E-state index contributed by atoms with van der Waals surface area (Å²) in [6.07, 6.45) is 7.37. The molecule has 0 aliphatic carbocycles. The lowest BCUT2D eigenvalue weighted by Gasteiger charge is -2.22. The monoisotopic (exact) mass is 465 g/mol. The van der Waals surface area contributed by atoms with Crippen LogP contribution in [0.15, 0.2) is 48.9 Å². The molecule has 0 spiro atoms. The average molecular weight is 466 g/mol. The van der Waals surface area contributed by atoms with Gasteiger partial charge in [0.1, 0.15) is 17.5 Å². The molecule has 1 saturated heterocycles. The van der Waals surface area contributed by atoms with Gasteiger partial charge in [-0.15, -0.1) is 0 Å². The van der Waals surface area contributed by atoms with E-state index >= 15 is 0 Å². The van der Waals surface area contributed by atoms with Crippen LogP contribution >= 0.6 is 0 Å². The Morgan fingerprint density at radius 1 is 1.26 bits per heavy atom. The van der Waals surface area contributed by atoms with Gasteiger partial charge in [0, 0.05) is 42.6 Å². The molecule has 0 saturated carbocycles. The summed E-state index contributed by atoms with van der Waals surface area (Å²) in [5, 5.41) is 10.9. The third-order valence-corrected chi connectivity index (χ3v) is 5.90. The van der Waals surface area contributed by atoms with E-state index in [0.29, 0.717) is 35.2 Å². The summed E-state index contributed by atoms with van der Waals surface area (Å²) in [4.78, 5) is 13.5. The Hall–Kier alpha value is -3.66. The molecule has 0 bridgehead atoms. The summed E-state index contributed by atoms with van der Waals surface area (Å²) in [5.41, 5.74) is 2.27. The lowest BCUT2D eigenvalue weighted by molar-refractivity contribution is 0.205. The second kappa shape index (κ2) is 9.68. The van der Waals surface area contributed by atoms with Crippen LogP contribution in [0.25, 0.3) is 16.9 Å². The quantitative estimate of drug-likeness (QED) is 0.426. The summed E-state index contributed by atoms with van der Waals surface area (Å²) in [6, 6.07) is 6.82. The number of benzene rings is 1. The van der Waals surface area contributed by atoms with Gasteiger partial charge in [0.15, 0.2) is 5.65 Å². The van der Waals surface area contributed by atoms with Crippen LogP contribution < -0.4 is 15.4 Å². The smallest absolute Gasteiger partial charge is 0.318 e. The number of anilines is 1. The first-order valence-corrected chi connectivity index (χ1v) is 11.3. The van der Waals surface area contributed by atoms with Crippen LogP contribution in [0.3, 0.4) is 0 Å². The molecule has 5 rings (SSSR count). The van der Waals surface area contributed by atoms with Gasteiger partial charge in [0.2, 0.25) is 0 Å². The maximum atomic E-state index is 14.3. The maximum Gasteiger partial charge on any atom is 0.318 e. The molecule has 4 aromatic rings. The van der Waals surface area contributed by atoms with Gasteiger partial charge in [-0.05, 0) is 38.4 Å². The van der Waals surface area contributed by atoms with E-state index in [-0.39, 0.29) is 6.01 Å². The molecule has 1 aliphatic heterocycles. The Morgan fingerprint density at radius 2 is 2.18 bits per heavy atom. The fourth-order valence-corrected chi connectivity index (χ4v) is 4.12. The molecule has 8 nitrogen and oxygen atoms in total. The number of nitrogens with one attached hydrogen (secondary N) is 2. The minimum atomic E-state index is -0.623. The number of fused-ring (bicyclic) bond motifs is 1. The van der Waals surface area contributed by atoms with E-state index in [2.05, 4.69) is 30.7 Å². The van der Waals surface area contributed by atoms with Crippen molar-refractivity contribution in [3.05, 3.63) is 66.1 Å². The van der Waals surface area contributed by atoms with E-state index in [0.717, 1.165) is 37.6 Å². The van der Waals surface area contributed by atoms with Crippen molar-refractivity contribution in [3.63, 3.8) is 0 Å². The van der Waals surface area contributed by atoms with Crippen molar-refractivity contribution in [1.29, 1.82) is 0 Å². The molecule has 2 atom stereocenters. The minimum Gasteiger partial charge on any atom is -0.463 e. The van der Waals surface area contributed by atoms with Crippen molar-refractivity contribution in [3.8, 4) is 17.3 Å². The lowest BCUT2D eigenvalue weighted by Crippen LogP contribution is -2.33. The summed E-state index contributed by atoms with van der Waals surface area (Å²) in [6.45, 7) is 4.19. The van der Waals surface area contributed by atoms with E-state index in [1.54, 1.807) is 42.2 Å². The van der Waals surface area contributed by atoms with E-state index in [4.69, 9.17) is 4.74 Å². The first-order chi connectivity index (χ1) is 16.6. The van der Waals surface area contributed by atoms with Crippen LogP contribution in [0.2, 0.25) is 0 Å². The first kappa shape index (κ1) is 22.1. The normalized spacial score (nSPS) is 17.0. The zero-order valence-electron chi connectivity index (χ0n) is 18.7. The van der Waals surface area contributed by atoms with Crippen molar-refractivity contribution in [2.24, 2.45) is 5.92 Å². The van der Waals surface area contributed by atoms with Crippen molar-refractivity contribution < 1.29 is 13.5 Å². The van der Waals surface area contributed by atoms with Gasteiger partial charge in [-0.3, -0.25) is 0 Å². The molecule has 34 heavy (non-hydrogen) atoms. The number of halogens is 2. The second-order valence-corrected chi connectivity index (χ2v) is 8.42. The highest BCUT2D eigenvalue weighted by atomic mass is 19.1. The Balaban J connectivity index is 1.46. The van der Waals surface area contributed by atoms with Crippen molar-refractivity contribution in [2.75, 3.05) is 25.0 Å². The average Bonchev–Trinajstić information content (AvgIpc) is 3.27.